The molecule has 0 spiro atoms. The lowest BCUT2D eigenvalue weighted by Crippen LogP contribution is -2.52. The van der Waals surface area contributed by atoms with Crippen molar-refractivity contribution < 1.29 is 14.3 Å². The topological polar surface area (TPSA) is 55.4 Å². The number of nitrogens with one attached hydrogen (secondary N) is 1. The molecule has 1 heterocycles. The highest BCUT2D eigenvalue weighted by atomic mass is 32.1. The van der Waals surface area contributed by atoms with E-state index in [0.717, 1.165) is 11.3 Å². The van der Waals surface area contributed by atoms with E-state index in [0.29, 0.717) is 6.42 Å². The molecule has 1 aromatic heterocycles. The smallest absolute Gasteiger partial charge is 0.331 e. The van der Waals surface area contributed by atoms with E-state index < -0.39 is 11.5 Å². The number of amides is 1. The molecule has 20 heavy (non-hydrogen) atoms. The molecule has 4 nitrogen and oxygen atoms in total. The molecule has 5 heteroatoms. The van der Waals surface area contributed by atoms with Gasteiger partial charge in [-0.15, -0.1) is 11.3 Å². The van der Waals surface area contributed by atoms with Gasteiger partial charge in [0.2, 0.25) is 5.91 Å². The van der Waals surface area contributed by atoms with Gasteiger partial charge in [-0.05, 0) is 38.5 Å². The van der Waals surface area contributed by atoms with Gasteiger partial charge in [0.1, 0.15) is 5.54 Å². The first-order valence-electron chi connectivity index (χ1n) is 6.56. The summed E-state index contributed by atoms with van der Waals surface area (Å²) in [6.07, 6.45) is 4.51. The fraction of sp³-hybridized carbons (Fsp3) is 0.467. The first-order valence-corrected chi connectivity index (χ1v) is 7.38. The quantitative estimate of drug-likeness (QED) is 0.648. The van der Waals surface area contributed by atoms with Gasteiger partial charge in [-0.2, -0.15) is 0 Å². The maximum atomic E-state index is 11.9. The summed E-state index contributed by atoms with van der Waals surface area (Å²) in [6, 6.07) is 3.95. The molecule has 1 rings (SSSR count). The summed E-state index contributed by atoms with van der Waals surface area (Å²) in [5.41, 5.74) is -0.976. The number of aryl methyl sites for hydroxylation is 1. The third-order valence-corrected chi connectivity index (χ3v) is 3.91. The molecule has 1 N–H and O–H groups in total. The predicted octanol–water partition coefficient (Wildman–Crippen LogP) is 2.92. The second-order valence-electron chi connectivity index (χ2n) is 4.84. The number of hydrogen-bond donors (Lipinski definition) is 1. The molecule has 0 saturated carbocycles. The maximum Gasteiger partial charge on any atom is 0.331 e. The highest BCUT2D eigenvalue weighted by Crippen LogP contribution is 2.17. The number of esters is 1. The summed E-state index contributed by atoms with van der Waals surface area (Å²) in [6.45, 7) is 5.65. The Hall–Kier alpha value is -1.62. The zero-order chi connectivity index (χ0) is 15.2. The van der Waals surface area contributed by atoms with Crippen LogP contribution in [0.5, 0.6) is 0 Å². The van der Waals surface area contributed by atoms with Gasteiger partial charge in [0.05, 0.1) is 7.11 Å². The van der Waals surface area contributed by atoms with E-state index in [2.05, 4.69) is 5.32 Å². The minimum Gasteiger partial charge on any atom is -0.467 e. The second kappa shape index (κ2) is 7.24. The van der Waals surface area contributed by atoms with Crippen molar-refractivity contribution in [2.24, 2.45) is 0 Å². The number of ether oxygens (including phenoxy) is 1. The molecule has 0 aliphatic heterocycles. The van der Waals surface area contributed by atoms with Crippen molar-refractivity contribution >= 4 is 29.3 Å². The van der Waals surface area contributed by atoms with Gasteiger partial charge in [0.15, 0.2) is 0 Å². The van der Waals surface area contributed by atoms with E-state index >= 15 is 0 Å². The predicted molar refractivity (Wildman–Crippen MR) is 81.6 cm³/mol. The first-order chi connectivity index (χ1) is 9.41. The Balaban J connectivity index is 2.71. The Labute approximate surface area is 123 Å². The van der Waals surface area contributed by atoms with Crippen LogP contribution in [0, 0.1) is 6.92 Å². The number of rotatable bonds is 6. The largest absolute Gasteiger partial charge is 0.467 e. The molecule has 0 radical (unpaired) electrons. The van der Waals surface area contributed by atoms with E-state index in [1.165, 1.54) is 18.1 Å². The zero-order valence-electron chi connectivity index (χ0n) is 12.4. The van der Waals surface area contributed by atoms with Crippen LogP contribution in [-0.4, -0.2) is 24.5 Å². The number of thiophene rings is 1. The van der Waals surface area contributed by atoms with Crippen molar-refractivity contribution in [3.8, 4) is 0 Å². The van der Waals surface area contributed by atoms with Crippen molar-refractivity contribution in [2.45, 2.75) is 39.2 Å². The molecule has 0 saturated heterocycles. The van der Waals surface area contributed by atoms with Gasteiger partial charge in [-0.1, -0.05) is 13.3 Å². The summed E-state index contributed by atoms with van der Waals surface area (Å²) < 4.78 is 4.76. The lowest BCUT2D eigenvalue weighted by Gasteiger charge is -2.26. The number of hydrogen-bond acceptors (Lipinski definition) is 4. The van der Waals surface area contributed by atoms with Crippen molar-refractivity contribution in [3.63, 3.8) is 0 Å². The molecule has 110 valence electrons. The average molecular weight is 295 g/mol. The molecular weight excluding hydrogens is 274 g/mol. The van der Waals surface area contributed by atoms with Crippen molar-refractivity contribution in [1.82, 2.24) is 5.32 Å². The fourth-order valence-electron chi connectivity index (χ4n) is 1.96. The van der Waals surface area contributed by atoms with Crippen LogP contribution in [-0.2, 0) is 14.3 Å². The molecular formula is C15H21NO3S. The van der Waals surface area contributed by atoms with Crippen LogP contribution in [0.2, 0.25) is 0 Å². The zero-order valence-corrected chi connectivity index (χ0v) is 13.2. The Kier molecular flexibility index (Phi) is 5.95. The van der Waals surface area contributed by atoms with Crippen LogP contribution in [0.4, 0.5) is 0 Å². The normalized spacial score (nSPS) is 14.0. The lowest BCUT2D eigenvalue weighted by molar-refractivity contribution is -0.150. The minimum absolute atomic E-state index is 0.294. The second-order valence-corrected chi connectivity index (χ2v) is 6.16. The highest BCUT2D eigenvalue weighted by Gasteiger charge is 2.34. The Morgan fingerprint density at radius 1 is 1.45 bits per heavy atom. The van der Waals surface area contributed by atoms with E-state index in [4.69, 9.17) is 4.74 Å². The van der Waals surface area contributed by atoms with Crippen LogP contribution in [0.25, 0.3) is 6.08 Å². The van der Waals surface area contributed by atoms with E-state index in [-0.39, 0.29) is 5.91 Å². The molecule has 1 amide bonds. The van der Waals surface area contributed by atoms with Gasteiger partial charge in [-0.3, -0.25) is 4.79 Å². The van der Waals surface area contributed by atoms with Crippen molar-refractivity contribution in [3.05, 3.63) is 28.0 Å². The standard InChI is InChI=1S/C15H21NO3S/c1-5-10-15(3,14(18)19-4)16-13(17)9-8-12-7-6-11(2)20-12/h6-9H,5,10H2,1-4H3,(H,16,17)/b9-8+. The summed E-state index contributed by atoms with van der Waals surface area (Å²) in [7, 11) is 1.33. The molecule has 1 unspecified atom stereocenters. The number of carbonyl (C=O) groups is 2. The number of carbonyl (C=O) groups excluding carboxylic acids is 2. The van der Waals surface area contributed by atoms with Gasteiger partial charge in [-0.25, -0.2) is 4.79 Å². The molecule has 0 bridgehead atoms. The third kappa shape index (κ3) is 4.49. The summed E-state index contributed by atoms with van der Waals surface area (Å²) in [5, 5.41) is 2.73. The number of methoxy groups -OCH3 is 1. The molecule has 0 aliphatic carbocycles. The molecule has 1 aromatic rings. The van der Waals surface area contributed by atoms with Crippen LogP contribution in [0.15, 0.2) is 18.2 Å². The third-order valence-electron chi connectivity index (χ3n) is 2.95. The average Bonchev–Trinajstić information content (AvgIpc) is 2.81. The maximum absolute atomic E-state index is 11.9. The molecule has 0 aromatic carbocycles. The van der Waals surface area contributed by atoms with E-state index in [1.807, 2.05) is 26.0 Å². The molecule has 0 aliphatic rings. The highest BCUT2D eigenvalue weighted by molar-refractivity contribution is 7.12. The SMILES string of the molecule is CCCC(C)(NC(=O)/C=C/c1ccc(C)s1)C(=O)OC. The fourth-order valence-corrected chi connectivity index (χ4v) is 2.74. The van der Waals surface area contributed by atoms with Crippen LogP contribution in [0.1, 0.15) is 36.4 Å². The van der Waals surface area contributed by atoms with Crippen LogP contribution < -0.4 is 5.32 Å². The Morgan fingerprint density at radius 2 is 2.15 bits per heavy atom. The summed E-state index contributed by atoms with van der Waals surface area (Å²) in [5.74, 6) is -0.717. The Morgan fingerprint density at radius 3 is 2.65 bits per heavy atom. The minimum atomic E-state index is -0.976. The Bertz CT molecular complexity index is 507. The monoisotopic (exact) mass is 295 g/mol. The van der Waals surface area contributed by atoms with Gasteiger partial charge >= 0.3 is 5.97 Å². The van der Waals surface area contributed by atoms with Crippen LogP contribution in [0.3, 0.4) is 0 Å². The van der Waals surface area contributed by atoms with Gasteiger partial charge in [0.25, 0.3) is 0 Å². The van der Waals surface area contributed by atoms with Crippen LogP contribution >= 0.6 is 11.3 Å². The van der Waals surface area contributed by atoms with E-state index in [1.54, 1.807) is 24.3 Å². The lowest BCUT2D eigenvalue weighted by atomic mass is 9.96. The van der Waals surface area contributed by atoms with Gasteiger partial charge < -0.3 is 10.1 Å². The van der Waals surface area contributed by atoms with E-state index in [9.17, 15) is 9.59 Å². The summed E-state index contributed by atoms with van der Waals surface area (Å²) in [4.78, 5) is 25.9. The molecule has 0 fully saturated rings. The summed E-state index contributed by atoms with van der Waals surface area (Å²) >= 11 is 1.61. The van der Waals surface area contributed by atoms with Crippen molar-refractivity contribution in [1.29, 1.82) is 0 Å². The first kappa shape index (κ1) is 16.4. The van der Waals surface area contributed by atoms with Crippen molar-refractivity contribution in [2.75, 3.05) is 7.11 Å². The van der Waals surface area contributed by atoms with Gasteiger partial charge in [0, 0.05) is 15.8 Å². The molecule has 1 atom stereocenters.